The first-order chi connectivity index (χ1) is 6.22. The maximum Gasteiger partial charge on any atom is 0.280 e. The molecule has 0 atom stereocenters. The van der Waals surface area contributed by atoms with Gasteiger partial charge in [0.05, 0.1) is 0 Å². The van der Waals surface area contributed by atoms with Gasteiger partial charge in [0.15, 0.2) is 11.2 Å². The Morgan fingerprint density at radius 3 is 3.08 bits per heavy atom. The second kappa shape index (κ2) is 2.45. The normalized spacial score (nSPS) is 10.5. The zero-order chi connectivity index (χ0) is 9.42. The van der Waals surface area contributed by atoms with Crippen LogP contribution in [0.5, 0.6) is 0 Å². The maximum absolute atomic E-state index is 11.2. The summed E-state index contributed by atoms with van der Waals surface area (Å²) in [5, 5.41) is 0. The molecule has 0 amide bonds. The molecule has 0 saturated carbocycles. The van der Waals surface area contributed by atoms with Crippen molar-refractivity contribution in [1.29, 1.82) is 0 Å². The van der Waals surface area contributed by atoms with Crippen LogP contribution in [-0.2, 0) is 0 Å². The van der Waals surface area contributed by atoms with Crippen molar-refractivity contribution in [2.45, 2.75) is 0 Å². The van der Waals surface area contributed by atoms with E-state index in [1.54, 1.807) is 0 Å². The SMILES string of the molecule is NNn1cnc2c(=O)[nH]c(N)nc21. The van der Waals surface area contributed by atoms with Gasteiger partial charge in [-0.05, 0) is 0 Å². The molecule has 2 aromatic rings. The van der Waals surface area contributed by atoms with Gasteiger partial charge in [0, 0.05) is 0 Å². The number of nitrogens with two attached hydrogens (primary N) is 2. The minimum atomic E-state index is -0.392. The predicted molar refractivity (Wildman–Crippen MR) is 46.1 cm³/mol. The second-order valence-electron chi connectivity index (χ2n) is 2.37. The van der Waals surface area contributed by atoms with Crippen LogP contribution in [0.1, 0.15) is 0 Å². The van der Waals surface area contributed by atoms with Gasteiger partial charge in [0.25, 0.3) is 5.56 Å². The van der Waals surface area contributed by atoms with Crippen molar-refractivity contribution in [3.8, 4) is 0 Å². The molecule has 0 aliphatic rings. The number of imidazole rings is 1. The van der Waals surface area contributed by atoms with Gasteiger partial charge in [-0.15, -0.1) is 0 Å². The summed E-state index contributed by atoms with van der Waals surface area (Å²) >= 11 is 0. The number of hydrazine groups is 1. The van der Waals surface area contributed by atoms with Crippen molar-refractivity contribution >= 4 is 17.1 Å². The van der Waals surface area contributed by atoms with E-state index >= 15 is 0 Å². The summed E-state index contributed by atoms with van der Waals surface area (Å²) in [7, 11) is 0. The number of fused-ring (bicyclic) bond motifs is 1. The number of H-pyrrole nitrogens is 1. The number of nitrogens with one attached hydrogen (secondary N) is 2. The van der Waals surface area contributed by atoms with E-state index in [1.807, 2.05) is 0 Å². The van der Waals surface area contributed by atoms with Crippen LogP contribution in [0.15, 0.2) is 11.1 Å². The largest absolute Gasteiger partial charge is 0.369 e. The van der Waals surface area contributed by atoms with Crippen molar-refractivity contribution in [3.63, 3.8) is 0 Å². The van der Waals surface area contributed by atoms with Crippen LogP contribution in [0.3, 0.4) is 0 Å². The van der Waals surface area contributed by atoms with E-state index in [-0.39, 0.29) is 11.5 Å². The number of nitrogens with zero attached hydrogens (tertiary/aromatic N) is 3. The van der Waals surface area contributed by atoms with E-state index in [2.05, 4.69) is 20.5 Å². The van der Waals surface area contributed by atoms with E-state index in [0.29, 0.717) is 5.65 Å². The van der Waals surface area contributed by atoms with Crippen molar-refractivity contribution < 1.29 is 0 Å². The van der Waals surface area contributed by atoms with Crippen LogP contribution in [-0.4, -0.2) is 19.6 Å². The summed E-state index contributed by atoms with van der Waals surface area (Å²) in [5.74, 6) is 5.16. The molecular weight excluding hydrogens is 174 g/mol. The van der Waals surface area contributed by atoms with Crippen LogP contribution >= 0.6 is 0 Å². The molecule has 8 nitrogen and oxygen atoms in total. The zero-order valence-electron chi connectivity index (χ0n) is 6.48. The Balaban J connectivity index is 2.90. The Morgan fingerprint density at radius 1 is 1.62 bits per heavy atom. The van der Waals surface area contributed by atoms with Gasteiger partial charge >= 0.3 is 0 Å². The molecular formula is C5H7N7O. The van der Waals surface area contributed by atoms with Gasteiger partial charge in [0.2, 0.25) is 5.95 Å². The smallest absolute Gasteiger partial charge is 0.280 e. The lowest BCUT2D eigenvalue weighted by Gasteiger charge is -1.99. The number of nitrogen functional groups attached to an aromatic ring is 2. The lowest BCUT2D eigenvalue weighted by Crippen LogP contribution is -2.22. The number of hydrogen-bond acceptors (Lipinski definition) is 6. The average molecular weight is 181 g/mol. The van der Waals surface area contributed by atoms with E-state index < -0.39 is 5.56 Å². The fourth-order valence-electron chi connectivity index (χ4n) is 1.02. The van der Waals surface area contributed by atoms with Gasteiger partial charge in [-0.1, -0.05) is 0 Å². The van der Waals surface area contributed by atoms with Crippen molar-refractivity contribution in [2.24, 2.45) is 5.84 Å². The number of hydrogen-bond donors (Lipinski definition) is 4. The Hall–Kier alpha value is -2.09. The highest BCUT2D eigenvalue weighted by Crippen LogP contribution is 2.02. The third kappa shape index (κ3) is 0.999. The first-order valence-corrected chi connectivity index (χ1v) is 3.42. The highest BCUT2D eigenvalue weighted by Gasteiger charge is 2.07. The third-order valence-corrected chi connectivity index (χ3v) is 1.56. The molecule has 0 radical (unpaired) electrons. The highest BCUT2D eigenvalue weighted by molar-refractivity contribution is 5.70. The molecule has 0 spiro atoms. The van der Waals surface area contributed by atoms with E-state index in [9.17, 15) is 4.79 Å². The maximum atomic E-state index is 11.2. The first-order valence-electron chi connectivity index (χ1n) is 3.42. The van der Waals surface area contributed by atoms with E-state index in [0.717, 1.165) is 0 Å². The molecule has 2 rings (SSSR count). The van der Waals surface area contributed by atoms with Crippen LogP contribution in [0.2, 0.25) is 0 Å². The van der Waals surface area contributed by atoms with Gasteiger partial charge in [-0.25, -0.2) is 15.5 Å². The molecule has 0 saturated heterocycles. The molecule has 0 unspecified atom stereocenters. The number of rotatable bonds is 1. The minimum Gasteiger partial charge on any atom is -0.369 e. The Kier molecular flexibility index (Phi) is 1.43. The zero-order valence-corrected chi connectivity index (χ0v) is 6.48. The summed E-state index contributed by atoms with van der Waals surface area (Å²) in [6.07, 6.45) is 1.34. The van der Waals surface area contributed by atoms with Crippen LogP contribution in [0.25, 0.3) is 11.2 Å². The highest BCUT2D eigenvalue weighted by atomic mass is 16.1. The molecule has 68 valence electrons. The quantitative estimate of drug-likeness (QED) is 0.301. The molecule has 2 aromatic heterocycles. The second-order valence-corrected chi connectivity index (χ2v) is 2.37. The molecule has 6 N–H and O–H groups in total. The molecule has 0 aliphatic carbocycles. The van der Waals surface area contributed by atoms with Gasteiger partial charge in [-0.2, -0.15) is 4.98 Å². The van der Waals surface area contributed by atoms with Crippen molar-refractivity contribution in [1.82, 2.24) is 19.6 Å². The Bertz CT molecular complexity index is 497. The molecule has 13 heavy (non-hydrogen) atoms. The topological polar surface area (TPSA) is 128 Å². The van der Waals surface area contributed by atoms with Gasteiger partial charge < -0.3 is 5.73 Å². The molecule has 0 aromatic carbocycles. The third-order valence-electron chi connectivity index (χ3n) is 1.56. The standard InChI is InChI=1S/C5H7N7O/c6-5-9-3-2(4(13)10-5)8-1-12(3)11-7/h1,11H,7H2,(H3,6,9,10,13). The van der Waals surface area contributed by atoms with Crippen LogP contribution in [0.4, 0.5) is 5.95 Å². The molecule has 2 heterocycles. The number of aromatic amines is 1. The molecule has 8 heteroatoms. The predicted octanol–water partition coefficient (Wildman–Crippen LogP) is -1.88. The van der Waals surface area contributed by atoms with Gasteiger partial charge in [-0.3, -0.25) is 15.3 Å². The van der Waals surface area contributed by atoms with Gasteiger partial charge in [0.1, 0.15) is 6.33 Å². The fourth-order valence-corrected chi connectivity index (χ4v) is 1.02. The molecule has 0 fully saturated rings. The van der Waals surface area contributed by atoms with E-state index in [1.165, 1.54) is 11.0 Å². The summed E-state index contributed by atoms with van der Waals surface area (Å²) in [6, 6.07) is 0. The Morgan fingerprint density at radius 2 is 2.38 bits per heavy atom. The Labute approximate surface area is 71.5 Å². The number of anilines is 1. The van der Waals surface area contributed by atoms with Crippen LogP contribution in [0, 0.1) is 0 Å². The van der Waals surface area contributed by atoms with Crippen LogP contribution < -0.4 is 22.7 Å². The van der Waals surface area contributed by atoms with E-state index in [4.69, 9.17) is 11.6 Å². The lowest BCUT2D eigenvalue weighted by atomic mass is 10.5. The summed E-state index contributed by atoms with van der Waals surface area (Å²) < 4.78 is 1.29. The molecule has 0 aliphatic heterocycles. The lowest BCUT2D eigenvalue weighted by molar-refractivity contribution is 0.893. The minimum absolute atomic E-state index is 0.0227. The fraction of sp³-hybridized carbons (Fsp3) is 0. The summed E-state index contributed by atoms with van der Waals surface area (Å²) in [6.45, 7) is 0. The summed E-state index contributed by atoms with van der Waals surface area (Å²) in [4.78, 5) is 21.2. The average Bonchev–Trinajstić information content (AvgIpc) is 2.47. The monoisotopic (exact) mass is 181 g/mol. The first kappa shape index (κ1) is 7.55. The van der Waals surface area contributed by atoms with Crippen molar-refractivity contribution in [3.05, 3.63) is 16.7 Å². The van der Waals surface area contributed by atoms with Crippen molar-refractivity contribution in [2.75, 3.05) is 11.3 Å². The molecule has 0 bridgehead atoms. The summed E-state index contributed by atoms with van der Waals surface area (Å²) in [5.41, 5.74) is 7.71. The number of aromatic nitrogens is 4.